The highest BCUT2D eigenvalue weighted by Gasteiger charge is 2.18. The number of benzene rings is 2. The number of nitrogens with zero attached hydrogens (tertiary/aromatic N) is 4. The molecule has 0 saturated carbocycles. The van der Waals surface area contributed by atoms with E-state index in [1.807, 2.05) is 60.0 Å². The molecule has 0 spiro atoms. The van der Waals surface area contributed by atoms with E-state index in [-0.39, 0.29) is 11.6 Å². The van der Waals surface area contributed by atoms with Crippen molar-refractivity contribution in [2.45, 2.75) is 25.8 Å². The maximum atomic E-state index is 13.1. The molecule has 5 aromatic rings. The van der Waals surface area contributed by atoms with E-state index in [0.717, 1.165) is 57.4 Å². The molecule has 6 rings (SSSR count). The first-order valence-corrected chi connectivity index (χ1v) is 13.6. The molecule has 1 saturated heterocycles. The number of ether oxygens (including phenoxy) is 1. The molecule has 38 heavy (non-hydrogen) atoms. The zero-order valence-corrected chi connectivity index (χ0v) is 21.9. The van der Waals surface area contributed by atoms with E-state index in [0.29, 0.717) is 29.8 Å². The Balaban J connectivity index is 1.28. The fourth-order valence-corrected chi connectivity index (χ4v) is 6.35. The third-order valence-electron chi connectivity index (χ3n) is 7.26. The molecular weight excluding hydrogens is 494 g/mol. The van der Waals surface area contributed by atoms with E-state index in [1.54, 1.807) is 29.8 Å². The molecule has 7 nitrogen and oxygen atoms in total. The van der Waals surface area contributed by atoms with Crippen molar-refractivity contribution in [1.82, 2.24) is 19.9 Å². The number of aromatic nitrogens is 3. The third kappa shape index (κ3) is 4.67. The summed E-state index contributed by atoms with van der Waals surface area (Å²) in [6, 6.07) is 17.0. The smallest absolute Gasteiger partial charge is 0.252 e. The average Bonchev–Trinajstić information content (AvgIpc) is 3.34. The Bertz CT molecular complexity index is 1710. The van der Waals surface area contributed by atoms with Crippen molar-refractivity contribution >= 4 is 37.3 Å². The summed E-state index contributed by atoms with van der Waals surface area (Å²) in [6.45, 7) is 12.2. The fourth-order valence-electron chi connectivity index (χ4n) is 5.09. The Morgan fingerprint density at radius 1 is 1.11 bits per heavy atom. The van der Waals surface area contributed by atoms with Crippen molar-refractivity contribution in [2.24, 2.45) is 5.92 Å². The number of hydrogen-bond donors (Lipinski definition) is 1. The maximum Gasteiger partial charge on any atom is 0.252 e. The largest absolute Gasteiger partial charge is 0.490 e. The van der Waals surface area contributed by atoms with Crippen molar-refractivity contribution in [3.63, 3.8) is 0 Å². The highest BCUT2D eigenvalue weighted by molar-refractivity contribution is 7.25. The quantitative estimate of drug-likeness (QED) is 0.269. The molecule has 1 fully saturated rings. The molecule has 0 unspecified atom stereocenters. The van der Waals surface area contributed by atoms with Gasteiger partial charge in [-0.05, 0) is 67.9 Å². The summed E-state index contributed by atoms with van der Waals surface area (Å²) in [7, 11) is 0. The van der Waals surface area contributed by atoms with Crippen LogP contribution in [0.2, 0.25) is 0 Å². The van der Waals surface area contributed by atoms with Crippen molar-refractivity contribution in [2.75, 3.05) is 19.7 Å². The summed E-state index contributed by atoms with van der Waals surface area (Å²) in [5, 5.41) is 5.37. The van der Waals surface area contributed by atoms with Gasteiger partial charge in [-0.15, -0.1) is 11.3 Å². The van der Waals surface area contributed by atoms with Gasteiger partial charge in [-0.3, -0.25) is 9.36 Å². The number of piperidine rings is 1. The Labute approximate surface area is 224 Å². The number of hydrogen-bond acceptors (Lipinski definition) is 6. The number of nitrogens with one attached hydrogen (secondary N) is 1. The minimum atomic E-state index is -0.202. The van der Waals surface area contributed by atoms with Crippen LogP contribution in [0.25, 0.3) is 36.5 Å². The predicted octanol–water partition coefficient (Wildman–Crippen LogP) is 6.21. The monoisotopic (exact) mass is 521 g/mol. The summed E-state index contributed by atoms with van der Waals surface area (Å²) >= 11 is 1.58. The lowest BCUT2D eigenvalue weighted by atomic mass is 9.99. The van der Waals surface area contributed by atoms with Gasteiger partial charge in [0, 0.05) is 21.7 Å². The Hall–Kier alpha value is -4.06. The number of rotatable bonds is 6. The van der Waals surface area contributed by atoms with Crippen LogP contribution < -0.4 is 15.6 Å². The molecule has 0 bridgehead atoms. The zero-order valence-electron chi connectivity index (χ0n) is 21.1. The molecule has 1 aliphatic heterocycles. The third-order valence-corrected chi connectivity index (χ3v) is 8.44. The van der Waals surface area contributed by atoms with Gasteiger partial charge in [0.25, 0.3) is 5.56 Å². The van der Waals surface area contributed by atoms with Crippen LogP contribution in [0.15, 0.2) is 71.8 Å². The summed E-state index contributed by atoms with van der Waals surface area (Å²) in [4.78, 5) is 26.7. The molecule has 3 aromatic heterocycles. The molecule has 2 aromatic carbocycles. The minimum Gasteiger partial charge on any atom is -0.490 e. The van der Waals surface area contributed by atoms with Crippen molar-refractivity contribution in [3.05, 3.63) is 94.3 Å². The average molecular weight is 522 g/mol. The van der Waals surface area contributed by atoms with Crippen LogP contribution in [0.3, 0.4) is 0 Å². The van der Waals surface area contributed by atoms with Gasteiger partial charge in [-0.25, -0.2) is 14.8 Å². The molecule has 4 heterocycles. The van der Waals surface area contributed by atoms with E-state index in [2.05, 4.69) is 20.1 Å². The van der Waals surface area contributed by atoms with Gasteiger partial charge < -0.3 is 10.1 Å². The van der Waals surface area contributed by atoms with Gasteiger partial charge in [-0.1, -0.05) is 30.3 Å². The second-order valence-electron chi connectivity index (χ2n) is 9.70. The molecule has 8 heteroatoms. The lowest BCUT2D eigenvalue weighted by Gasteiger charge is -2.22. The standard InChI is InChI=1S/C30H27N5O2S/c1-19(35-28(36)9-7-25-26-15-23(31-2)6-8-27(26)38-30(25)35)21-4-3-5-22(14-21)29-33-16-24(17-34-29)37-18-20-10-12-32-13-11-20/h3-9,14-17,19-20,32H,10-13,18H2,1H3/t19-/m1/s1. The first kappa shape index (κ1) is 24.3. The van der Waals surface area contributed by atoms with Gasteiger partial charge >= 0.3 is 0 Å². The highest BCUT2D eigenvalue weighted by Crippen LogP contribution is 2.37. The lowest BCUT2D eigenvalue weighted by molar-refractivity contribution is 0.214. The van der Waals surface area contributed by atoms with Gasteiger partial charge in [-0.2, -0.15) is 0 Å². The molecule has 0 aliphatic carbocycles. The first-order chi connectivity index (χ1) is 18.6. The van der Waals surface area contributed by atoms with Crippen LogP contribution in [-0.2, 0) is 0 Å². The van der Waals surface area contributed by atoms with Crippen LogP contribution in [0.5, 0.6) is 5.75 Å². The fraction of sp³-hybridized carbons (Fsp3) is 0.267. The second kappa shape index (κ2) is 10.4. The van der Waals surface area contributed by atoms with E-state index in [1.165, 1.54) is 0 Å². The molecule has 0 amide bonds. The van der Waals surface area contributed by atoms with Crippen LogP contribution >= 0.6 is 11.3 Å². The molecular formula is C30H27N5O2S. The summed E-state index contributed by atoms with van der Waals surface area (Å²) < 4.78 is 8.85. The Morgan fingerprint density at radius 3 is 2.71 bits per heavy atom. The van der Waals surface area contributed by atoms with E-state index in [9.17, 15) is 4.79 Å². The molecule has 190 valence electrons. The lowest BCUT2D eigenvalue weighted by Crippen LogP contribution is -2.30. The molecule has 1 N–H and O–H groups in total. The van der Waals surface area contributed by atoms with Crippen molar-refractivity contribution < 1.29 is 4.74 Å². The second-order valence-corrected chi connectivity index (χ2v) is 10.7. The van der Waals surface area contributed by atoms with Crippen LogP contribution in [-0.4, -0.2) is 34.2 Å². The number of thiophene rings is 1. The van der Waals surface area contributed by atoms with Crippen LogP contribution in [0, 0.1) is 12.5 Å². The van der Waals surface area contributed by atoms with Gasteiger partial charge in [0.05, 0.1) is 31.6 Å². The SMILES string of the molecule is [C-]#[N+]c1ccc2sc3c(ccc(=O)n3[C@H](C)c3cccc(-c4ncc(OCC5CCNCC5)cn4)c3)c2c1. The van der Waals surface area contributed by atoms with Gasteiger partial charge in [0.15, 0.2) is 17.3 Å². The Morgan fingerprint density at radius 2 is 1.92 bits per heavy atom. The van der Waals surface area contributed by atoms with Gasteiger partial charge in [0.1, 0.15) is 4.83 Å². The summed E-state index contributed by atoms with van der Waals surface area (Å²) in [5.41, 5.74) is 2.42. The number of pyridine rings is 1. The Kier molecular flexibility index (Phi) is 6.62. The normalized spacial score (nSPS) is 14.9. The van der Waals surface area contributed by atoms with E-state index in [4.69, 9.17) is 11.3 Å². The molecule has 1 atom stereocenters. The van der Waals surface area contributed by atoms with Gasteiger partial charge in [0.2, 0.25) is 0 Å². The minimum absolute atomic E-state index is 0.0566. The van der Waals surface area contributed by atoms with Crippen molar-refractivity contribution in [1.29, 1.82) is 0 Å². The summed E-state index contributed by atoms with van der Waals surface area (Å²) in [5.74, 6) is 1.87. The van der Waals surface area contributed by atoms with E-state index >= 15 is 0 Å². The van der Waals surface area contributed by atoms with Crippen molar-refractivity contribution in [3.8, 4) is 17.1 Å². The predicted molar refractivity (Wildman–Crippen MR) is 152 cm³/mol. The zero-order chi connectivity index (χ0) is 26.1. The molecule has 1 aliphatic rings. The topological polar surface area (TPSA) is 73.4 Å². The highest BCUT2D eigenvalue weighted by atomic mass is 32.1. The molecule has 0 radical (unpaired) electrons. The summed E-state index contributed by atoms with van der Waals surface area (Å²) in [6.07, 6.45) is 5.73. The first-order valence-electron chi connectivity index (χ1n) is 12.8. The number of fused-ring (bicyclic) bond motifs is 3. The van der Waals surface area contributed by atoms with E-state index < -0.39 is 0 Å². The maximum absolute atomic E-state index is 13.1. The van der Waals surface area contributed by atoms with Crippen LogP contribution in [0.1, 0.15) is 31.4 Å². The van der Waals surface area contributed by atoms with Crippen LogP contribution in [0.4, 0.5) is 5.69 Å².